The van der Waals surface area contributed by atoms with Crippen LogP contribution in [0.1, 0.15) is 19.4 Å². The highest BCUT2D eigenvalue weighted by Gasteiger charge is 2.19. The summed E-state index contributed by atoms with van der Waals surface area (Å²) in [6.07, 6.45) is 3.33. The van der Waals surface area contributed by atoms with Crippen molar-refractivity contribution in [2.24, 2.45) is 0 Å². The summed E-state index contributed by atoms with van der Waals surface area (Å²) in [5.41, 5.74) is 2.92. The molecule has 134 valence electrons. The van der Waals surface area contributed by atoms with Crippen LogP contribution in [0.5, 0.6) is 0 Å². The first-order chi connectivity index (χ1) is 12.6. The molecule has 0 amide bonds. The van der Waals surface area contributed by atoms with Crippen LogP contribution in [-0.2, 0) is 9.53 Å². The molecule has 0 atom stereocenters. The van der Waals surface area contributed by atoms with E-state index in [1.807, 2.05) is 61.7 Å². The molecule has 0 N–H and O–H groups in total. The molecule has 0 bridgehead atoms. The molecule has 0 aliphatic heterocycles. The number of hydrogen-bond acceptors (Lipinski definition) is 6. The van der Waals surface area contributed by atoms with Crippen molar-refractivity contribution in [3.8, 4) is 17.1 Å². The van der Waals surface area contributed by atoms with E-state index in [9.17, 15) is 4.79 Å². The normalized spacial score (nSPS) is 10.9. The van der Waals surface area contributed by atoms with Crippen LogP contribution in [0.25, 0.3) is 17.1 Å². The number of rotatable bonds is 6. The number of thioether (sulfide) groups is 1. The van der Waals surface area contributed by atoms with Crippen LogP contribution < -0.4 is 0 Å². The average Bonchev–Trinajstić information content (AvgIpc) is 3.04. The number of hydrogen-bond donors (Lipinski definition) is 0. The molecule has 6 nitrogen and oxygen atoms in total. The van der Waals surface area contributed by atoms with E-state index in [1.54, 1.807) is 12.4 Å². The van der Waals surface area contributed by atoms with Crippen LogP contribution in [-0.4, -0.2) is 37.6 Å². The molecule has 2 heterocycles. The van der Waals surface area contributed by atoms with Gasteiger partial charge in [-0.3, -0.25) is 14.3 Å². The van der Waals surface area contributed by atoms with Crippen molar-refractivity contribution in [3.63, 3.8) is 0 Å². The molecule has 0 fully saturated rings. The van der Waals surface area contributed by atoms with Gasteiger partial charge >= 0.3 is 5.97 Å². The number of carbonyl (C=O) groups excluding carboxylic acids is 1. The third kappa shape index (κ3) is 4.11. The quantitative estimate of drug-likeness (QED) is 0.488. The molecule has 3 rings (SSSR count). The summed E-state index contributed by atoms with van der Waals surface area (Å²) in [7, 11) is 0. The average molecular weight is 368 g/mol. The monoisotopic (exact) mass is 368 g/mol. The van der Waals surface area contributed by atoms with Crippen LogP contribution in [0.3, 0.4) is 0 Å². The molecule has 3 aromatic rings. The number of pyridine rings is 1. The van der Waals surface area contributed by atoms with Gasteiger partial charge < -0.3 is 4.74 Å². The Hall–Kier alpha value is -2.67. The van der Waals surface area contributed by atoms with Crippen LogP contribution in [0.15, 0.2) is 53.9 Å². The summed E-state index contributed by atoms with van der Waals surface area (Å²) in [6.45, 7) is 5.70. The molecule has 0 unspecified atom stereocenters. The molecule has 0 radical (unpaired) electrons. The van der Waals surface area contributed by atoms with E-state index in [0.717, 1.165) is 16.8 Å². The predicted molar refractivity (Wildman–Crippen MR) is 101 cm³/mol. The first-order valence-corrected chi connectivity index (χ1v) is 9.29. The summed E-state index contributed by atoms with van der Waals surface area (Å²) in [5.74, 6) is 0.592. The minimum absolute atomic E-state index is 0.136. The highest BCUT2D eigenvalue weighted by atomic mass is 32.2. The lowest BCUT2D eigenvalue weighted by Gasteiger charge is -2.13. The summed E-state index contributed by atoms with van der Waals surface area (Å²) in [4.78, 5) is 16.1. The van der Waals surface area contributed by atoms with Crippen molar-refractivity contribution in [1.82, 2.24) is 19.7 Å². The number of esters is 1. The second-order valence-electron chi connectivity index (χ2n) is 6.00. The number of nitrogens with zero attached hydrogens (tertiary/aromatic N) is 4. The Morgan fingerprint density at radius 3 is 2.69 bits per heavy atom. The standard InChI is InChI=1S/C19H20N4O2S/c1-13(2)25-17(24)12-26-19-22-21-18(15-8-6-10-20-11-15)23(19)16-9-5-4-7-14(16)3/h4-11,13H,12H2,1-3H3. The van der Waals surface area contributed by atoms with E-state index in [1.165, 1.54) is 11.8 Å². The molecule has 0 saturated heterocycles. The fourth-order valence-electron chi connectivity index (χ4n) is 2.50. The van der Waals surface area contributed by atoms with Gasteiger partial charge in [0.05, 0.1) is 17.5 Å². The predicted octanol–water partition coefficient (Wildman–Crippen LogP) is 3.68. The van der Waals surface area contributed by atoms with E-state index in [2.05, 4.69) is 15.2 Å². The van der Waals surface area contributed by atoms with Crippen molar-refractivity contribution < 1.29 is 9.53 Å². The first-order valence-electron chi connectivity index (χ1n) is 8.30. The van der Waals surface area contributed by atoms with Gasteiger partial charge in [0, 0.05) is 18.0 Å². The van der Waals surface area contributed by atoms with Gasteiger partial charge in [0.25, 0.3) is 0 Å². The zero-order valence-corrected chi connectivity index (χ0v) is 15.7. The highest BCUT2D eigenvalue weighted by Crippen LogP contribution is 2.29. The highest BCUT2D eigenvalue weighted by molar-refractivity contribution is 7.99. The molecule has 1 aromatic carbocycles. The van der Waals surface area contributed by atoms with Crippen LogP contribution in [0, 0.1) is 6.92 Å². The fourth-order valence-corrected chi connectivity index (χ4v) is 3.22. The smallest absolute Gasteiger partial charge is 0.316 e. The molecule has 2 aromatic heterocycles. The Bertz CT molecular complexity index is 894. The van der Waals surface area contributed by atoms with E-state index in [0.29, 0.717) is 11.0 Å². The third-order valence-electron chi connectivity index (χ3n) is 3.60. The SMILES string of the molecule is Cc1ccccc1-n1c(SCC(=O)OC(C)C)nnc1-c1cccnc1. The van der Waals surface area contributed by atoms with Gasteiger partial charge in [-0.15, -0.1) is 10.2 Å². The van der Waals surface area contributed by atoms with Gasteiger partial charge in [-0.2, -0.15) is 0 Å². The van der Waals surface area contributed by atoms with Crippen molar-refractivity contribution in [2.75, 3.05) is 5.75 Å². The summed E-state index contributed by atoms with van der Waals surface area (Å²) >= 11 is 1.31. The maximum Gasteiger partial charge on any atom is 0.316 e. The minimum atomic E-state index is -0.271. The molecular weight excluding hydrogens is 348 g/mol. The Morgan fingerprint density at radius 1 is 1.19 bits per heavy atom. The topological polar surface area (TPSA) is 69.9 Å². The minimum Gasteiger partial charge on any atom is -0.462 e. The van der Waals surface area contributed by atoms with Crippen LogP contribution >= 0.6 is 11.8 Å². The maximum absolute atomic E-state index is 11.9. The first kappa shape index (κ1) is 18.1. The lowest BCUT2D eigenvalue weighted by atomic mass is 10.2. The van der Waals surface area contributed by atoms with Gasteiger partial charge in [-0.1, -0.05) is 30.0 Å². The zero-order chi connectivity index (χ0) is 18.5. The van der Waals surface area contributed by atoms with Crippen molar-refractivity contribution in [3.05, 3.63) is 54.4 Å². The molecule has 7 heteroatoms. The van der Waals surface area contributed by atoms with E-state index < -0.39 is 0 Å². The lowest BCUT2D eigenvalue weighted by Crippen LogP contribution is -2.13. The Kier molecular flexibility index (Phi) is 5.68. The van der Waals surface area contributed by atoms with Gasteiger partial charge in [-0.05, 0) is 44.5 Å². The summed E-state index contributed by atoms with van der Waals surface area (Å²) in [5, 5.41) is 9.28. The van der Waals surface area contributed by atoms with Crippen LogP contribution in [0.2, 0.25) is 0 Å². The van der Waals surface area contributed by atoms with Gasteiger partial charge in [0.15, 0.2) is 11.0 Å². The Balaban J connectivity index is 1.99. The molecule has 0 saturated carbocycles. The molecule has 0 aliphatic rings. The van der Waals surface area contributed by atoms with Crippen molar-refractivity contribution in [1.29, 1.82) is 0 Å². The van der Waals surface area contributed by atoms with Crippen LogP contribution in [0.4, 0.5) is 0 Å². The Labute approximate surface area is 156 Å². The molecular formula is C19H20N4O2S. The number of aromatic nitrogens is 4. The van der Waals surface area contributed by atoms with Gasteiger partial charge in [0.1, 0.15) is 0 Å². The number of ether oxygens (including phenoxy) is 1. The summed E-state index contributed by atoms with van der Waals surface area (Å²) in [6, 6.07) is 11.8. The van der Waals surface area contributed by atoms with Crippen molar-refractivity contribution >= 4 is 17.7 Å². The zero-order valence-electron chi connectivity index (χ0n) is 14.9. The second-order valence-corrected chi connectivity index (χ2v) is 6.94. The fraction of sp³-hybridized carbons (Fsp3) is 0.263. The lowest BCUT2D eigenvalue weighted by molar-refractivity contribution is -0.144. The number of benzene rings is 1. The number of carbonyl (C=O) groups is 1. The van der Waals surface area contributed by atoms with E-state index in [4.69, 9.17) is 4.74 Å². The second kappa shape index (κ2) is 8.14. The maximum atomic E-state index is 11.9. The Morgan fingerprint density at radius 2 is 2.00 bits per heavy atom. The van der Waals surface area contributed by atoms with E-state index in [-0.39, 0.29) is 17.8 Å². The largest absolute Gasteiger partial charge is 0.462 e. The molecule has 0 aliphatic carbocycles. The number of para-hydroxylation sites is 1. The van der Waals surface area contributed by atoms with Gasteiger partial charge in [0.2, 0.25) is 0 Å². The van der Waals surface area contributed by atoms with Crippen molar-refractivity contribution in [2.45, 2.75) is 32.0 Å². The third-order valence-corrected chi connectivity index (χ3v) is 4.50. The van der Waals surface area contributed by atoms with Gasteiger partial charge in [-0.25, -0.2) is 0 Å². The summed E-state index contributed by atoms with van der Waals surface area (Å²) < 4.78 is 7.16. The number of aryl methyl sites for hydroxylation is 1. The van der Waals surface area contributed by atoms with E-state index >= 15 is 0 Å². The molecule has 0 spiro atoms. The molecule has 26 heavy (non-hydrogen) atoms.